The maximum atomic E-state index is 12.6. The van der Waals surface area contributed by atoms with Gasteiger partial charge in [-0.3, -0.25) is 10.1 Å². The molecule has 1 atom stereocenters. The maximum absolute atomic E-state index is 12.6. The van der Waals surface area contributed by atoms with E-state index in [4.69, 9.17) is 0 Å². The van der Waals surface area contributed by atoms with E-state index in [1.807, 2.05) is 0 Å². The van der Waals surface area contributed by atoms with E-state index >= 15 is 0 Å². The van der Waals surface area contributed by atoms with E-state index < -0.39 is 62.3 Å². The highest BCUT2D eigenvalue weighted by Gasteiger charge is 2.37. The van der Waals surface area contributed by atoms with Crippen LogP contribution in [0.15, 0.2) is 12.5 Å². The third kappa shape index (κ3) is 8.97. The summed E-state index contributed by atoms with van der Waals surface area (Å²) in [5, 5.41) is 1.78. The van der Waals surface area contributed by atoms with Gasteiger partial charge in [0, 0.05) is 6.42 Å². The second-order valence-electron chi connectivity index (χ2n) is 5.54. The minimum absolute atomic E-state index is 0.386. The van der Waals surface area contributed by atoms with Crippen LogP contribution >= 0.6 is 0 Å². The van der Waals surface area contributed by atoms with Gasteiger partial charge in [-0.1, -0.05) is 0 Å². The van der Waals surface area contributed by atoms with Gasteiger partial charge in [0.2, 0.25) is 6.33 Å². The van der Waals surface area contributed by atoms with Gasteiger partial charge in [-0.25, -0.2) is 9.13 Å². The number of carbonyl (C=O) groups is 1. The molecular formula is C13H15F9N3O2+. The third-order valence-corrected chi connectivity index (χ3v) is 3.13. The summed E-state index contributed by atoms with van der Waals surface area (Å²) < 4.78 is 117. The molecule has 0 aromatic carbocycles. The van der Waals surface area contributed by atoms with Crippen LogP contribution in [0.2, 0.25) is 0 Å². The highest BCUT2D eigenvalue weighted by molar-refractivity contribution is 5.75. The van der Waals surface area contributed by atoms with Crippen molar-refractivity contribution in [3.63, 3.8) is 0 Å². The number of rotatable bonds is 7. The van der Waals surface area contributed by atoms with Gasteiger partial charge in [0.15, 0.2) is 13.1 Å². The molecule has 0 saturated carbocycles. The molecule has 156 valence electrons. The first kappa shape index (κ1) is 23.0. The Hall–Kier alpha value is -1.99. The van der Waals surface area contributed by atoms with Crippen LogP contribution < -0.4 is 9.88 Å². The molecule has 1 heterocycles. The van der Waals surface area contributed by atoms with Gasteiger partial charge in [-0.15, -0.1) is 0 Å². The van der Waals surface area contributed by atoms with E-state index in [1.54, 1.807) is 5.32 Å². The molecule has 1 aromatic rings. The Balaban J connectivity index is 3.12. The summed E-state index contributed by atoms with van der Waals surface area (Å²) >= 11 is 0. The van der Waals surface area contributed by atoms with Crippen LogP contribution in [0.5, 0.6) is 0 Å². The fraction of sp³-hybridized carbons (Fsp3) is 0.692. The van der Waals surface area contributed by atoms with E-state index in [1.165, 1.54) is 0 Å². The lowest BCUT2D eigenvalue weighted by molar-refractivity contribution is -0.719. The molecule has 1 N–H and O–H groups in total. The normalized spacial score (nSPS) is 14.3. The highest BCUT2D eigenvalue weighted by Crippen LogP contribution is 2.20. The molecule has 0 amide bonds. The van der Waals surface area contributed by atoms with Gasteiger partial charge in [-0.05, 0) is 0 Å². The van der Waals surface area contributed by atoms with Gasteiger partial charge in [0.1, 0.15) is 17.9 Å². The largest absolute Gasteiger partial charge is 0.468 e. The van der Waals surface area contributed by atoms with Crippen molar-refractivity contribution in [1.29, 1.82) is 0 Å². The molecule has 27 heavy (non-hydrogen) atoms. The first-order valence-corrected chi connectivity index (χ1v) is 7.19. The number of alkyl halides is 9. The van der Waals surface area contributed by atoms with Crippen LogP contribution in [0.3, 0.4) is 0 Å². The lowest BCUT2D eigenvalue weighted by atomic mass is 10.1. The smallest absolute Gasteiger partial charge is 0.426 e. The standard InChI is InChI=1S/C13H15F9N3O2/c1-27-10(26)9(23-4-11(14,15)16)2-8-3-24(5-12(17,18)19)7-25(8)6-13(20,21)22/h3,7,9,23H,2,4-6H2,1H3/q+1/t9-/m0/s1. The first-order valence-electron chi connectivity index (χ1n) is 7.19. The SMILES string of the molecule is COC(=O)[C@H](Cc1c[n+](CC(F)(F)F)cn1CC(F)(F)F)NCC(F)(F)F. The molecule has 1 rings (SSSR count). The molecule has 5 nitrogen and oxygen atoms in total. The predicted octanol–water partition coefficient (Wildman–Crippen LogP) is 2.14. The summed E-state index contributed by atoms with van der Waals surface area (Å²) in [5.74, 6) is -1.21. The molecule has 0 saturated heterocycles. The number of aromatic nitrogens is 2. The number of nitrogens with one attached hydrogen (secondary N) is 1. The molecular weight excluding hydrogens is 401 g/mol. The number of ether oxygens (including phenoxy) is 1. The minimum atomic E-state index is -4.80. The Morgan fingerprint density at radius 1 is 1.11 bits per heavy atom. The summed E-state index contributed by atoms with van der Waals surface area (Å²) in [5.41, 5.74) is -0.429. The molecule has 14 heteroatoms. The average molecular weight is 416 g/mol. The number of nitrogens with zero attached hydrogens (tertiary/aromatic N) is 2. The van der Waals surface area contributed by atoms with Crippen molar-refractivity contribution in [2.24, 2.45) is 0 Å². The van der Waals surface area contributed by atoms with Crippen molar-refractivity contribution in [3.05, 3.63) is 18.2 Å². The van der Waals surface area contributed by atoms with Crippen molar-refractivity contribution < 1.29 is 53.6 Å². The maximum Gasteiger partial charge on any atom is 0.426 e. The molecule has 0 fully saturated rings. The van der Waals surface area contributed by atoms with Crippen LogP contribution in [-0.2, 0) is 29.0 Å². The van der Waals surface area contributed by atoms with Crippen molar-refractivity contribution in [3.8, 4) is 0 Å². The zero-order chi connectivity index (χ0) is 21.0. The van der Waals surface area contributed by atoms with Crippen LogP contribution in [0.25, 0.3) is 0 Å². The zero-order valence-corrected chi connectivity index (χ0v) is 13.7. The fourth-order valence-corrected chi connectivity index (χ4v) is 2.18. The Labute approximate surface area is 146 Å². The molecule has 0 aliphatic heterocycles. The molecule has 0 aliphatic rings. The first-order chi connectivity index (χ1) is 12.1. The van der Waals surface area contributed by atoms with E-state index in [0.29, 0.717) is 21.7 Å². The molecule has 0 bridgehead atoms. The molecule has 0 aliphatic carbocycles. The highest BCUT2D eigenvalue weighted by atomic mass is 19.4. The topological polar surface area (TPSA) is 47.1 Å². The molecule has 0 radical (unpaired) electrons. The lowest BCUT2D eigenvalue weighted by Crippen LogP contribution is -2.44. The van der Waals surface area contributed by atoms with Crippen molar-refractivity contribution in [2.45, 2.75) is 44.1 Å². The molecule has 0 unspecified atom stereocenters. The van der Waals surface area contributed by atoms with E-state index in [-0.39, 0.29) is 0 Å². The Bertz CT molecular complexity index is 634. The minimum Gasteiger partial charge on any atom is -0.468 e. The number of methoxy groups -OCH3 is 1. The van der Waals surface area contributed by atoms with Crippen molar-refractivity contribution in [2.75, 3.05) is 13.7 Å². The van der Waals surface area contributed by atoms with E-state index in [2.05, 4.69) is 4.74 Å². The summed E-state index contributed by atoms with van der Waals surface area (Å²) in [4.78, 5) is 11.6. The van der Waals surface area contributed by atoms with Crippen molar-refractivity contribution >= 4 is 5.97 Å². The number of imidazole rings is 1. The second-order valence-corrected chi connectivity index (χ2v) is 5.54. The van der Waals surface area contributed by atoms with Gasteiger partial charge >= 0.3 is 24.5 Å². The number of hydrogen-bond acceptors (Lipinski definition) is 3. The lowest BCUT2D eigenvalue weighted by Gasteiger charge is -2.17. The quantitative estimate of drug-likeness (QED) is 0.421. The van der Waals surface area contributed by atoms with Crippen LogP contribution in [0, 0.1) is 0 Å². The third-order valence-electron chi connectivity index (χ3n) is 3.13. The van der Waals surface area contributed by atoms with Crippen LogP contribution in [-0.4, -0.2) is 48.8 Å². The predicted molar refractivity (Wildman–Crippen MR) is 70.3 cm³/mol. The summed E-state index contributed by atoms with van der Waals surface area (Å²) in [6.45, 7) is -4.93. The number of halogens is 9. The Morgan fingerprint density at radius 3 is 2.15 bits per heavy atom. The zero-order valence-electron chi connectivity index (χ0n) is 13.7. The summed E-state index contributed by atoms with van der Waals surface area (Å²) in [7, 11) is 0.850. The van der Waals surface area contributed by atoms with Gasteiger partial charge in [0.25, 0.3) is 0 Å². The van der Waals surface area contributed by atoms with Gasteiger partial charge < -0.3 is 4.74 Å². The van der Waals surface area contributed by atoms with E-state index in [0.717, 1.165) is 7.11 Å². The van der Waals surface area contributed by atoms with Gasteiger partial charge in [-0.2, -0.15) is 39.5 Å². The number of esters is 1. The van der Waals surface area contributed by atoms with E-state index in [9.17, 15) is 44.3 Å². The van der Waals surface area contributed by atoms with Crippen LogP contribution in [0.4, 0.5) is 39.5 Å². The molecule has 0 spiro atoms. The van der Waals surface area contributed by atoms with Crippen LogP contribution in [0.1, 0.15) is 5.69 Å². The summed E-state index contributed by atoms with van der Waals surface area (Å²) in [6, 6.07) is -1.71. The average Bonchev–Trinajstić information content (AvgIpc) is 2.78. The number of hydrogen-bond donors (Lipinski definition) is 1. The number of carbonyl (C=O) groups excluding carboxylic acids is 1. The molecule has 1 aromatic heterocycles. The Kier molecular flexibility index (Phi) is 7.13. The second kappa shape index (κ2) is 8.35. The van der Waals surface area contributed by atoms with Crippen molar-refractivity contribution in [1.82, 2.24) is 9.88 Å². The summed E-state index contributed by atoms with van der Waals surface area (Å²) in [6.07, 6.45) is -13.8. The monoisotopic (exact) mass is 416 g/mol. The fourth-order valence-electron chi connectivity index (χ4n) is 2.18. The Morgan fingerprint density at radius 2 is 1.70 bits per heavy atom. The van der Waals surface area contributed by atoms with Gasteiger partial charge in [0.05, 0.1) is 13.7 Å².